The molecule has 0 bridgehead atoms. The second kappa shape index (κ2) is 8.97. The van der Waals surface area contributed by atoms with Gasteiger partial charge in [-0.15, -0.1) is 0 Å². The predicted molar refractivity (Wildman–Crippen MR) is 105 cm³/mol. The molecule has 1 unspecified atom stereocenters. The molecule has 1 atom stereocenters. The van der Waals surface area contributed by atoms with Crippen LogP contribution in [0.4, 0.5) is 17.6 Å². The molecule has 0 aliphatic rings. The normalized spacial score (nSPS) is 12.5. The van der Waals surface area contributed by atoms with E-state index in [0.717, 1.165) is 12.3 Å². The SMILES string of the molecule is O=C(NCC(F)c1ccc(-c2ccc(Cl)nc2)cc1Cl)c1cccnc1C(F)(F)F. The first-order valence-corrected chi connectivity index (χ1v) is 9.28. The highest BCUT2D eigenvalue weighted by molar-refractivity contribution is 6.31. The van der Waals surface area contributed by atoms with E-state index < -0.39 is 36.1 Å². The van der Waals surface area contributed by atoms with E-state index in [1.807, 2.05) is 0 Å². The molecule has 4 nitrogen and oxygen atoms in total. The molecule has 10 heteroatoms. The maximum atomic E-state index is 14.6. The Morgan fingerprint density at radius 2 is 1.80 bits per heavy atom. The van der Waals surface area contributed by atoms with Crippen LogP contribution in [0.3, 0.4) is 0 Å². The molecule has 0 aliphatic carbocycles. The molecular weight excluding hydrogens is 445 g/mol. The van der Waals surface area contributed by atoms with Crippen molar-refractivity contribution in [2.45, 2.75) is 12.3 Å². The molecule has 30 heavy (non-hydrogen) atoms. The van der Waals surface area contributed by atoms with E-state index >= 15 is 0 Å². The van der Waals surface area contributed by atoms with Gasteiger partial charge in [0.1, 0.15) is 11.3 Å². The third kappa shape index (κ3) is 5.06. The van der Waals surface area contributed by atoms with E-state index in [1.165, 1.54) is 24.4 Å². The first kappa shape index (κ1) is 22.0. The number of nitrogens with zero attached hydrogens (tertiary/aromatic N) is 2. The molecule has 0 spiro atoms. The third-order valence-corrected chi connectivity index (χ3v) is 4.71. The number of amides is 1. The van der Waals surface area contributed by atoms with Gasteiger partial charge in [-0.05, 0) is 35.9 Å². The number of pyridine rings is 2. The molecule has 1 amide bonds. The van der Waals surface area contributed by atoms with Crippen molar-refractivity contribution in [1.29, 1.82) is 0 Å². The lowest BCUT2D eigenvalue weighted by Crippen LogP contribution is -2.29. The Hall–Kier alpha value is -2.71. The zero-order valence-electron chi connectivity index (χ0n) is 15.1. The van der Waals surface area contributed by atoms with Crippen molar-refractivity contribution < 1.29 is 22.4 Å². The zero-order chi connectivity index (χ0) is 21.9. The number of benzene rings is 1. The van der Waals surface area contributed by atoms with Crippen molar-refractivity contribution in [3.63, 3.8) is 0 Å². The Bertz CT molecular complexity index is 1060. The molecule has 0 saturated carbocycles. The van der Waals surface area contributed by atoms with E-state index in [0.29, 0.717) is 16.3 Å². The summed E-state index contributed by atoms with van der Waals surface area (Å²) in [6.07, 6.45) is -4.08. The van der Waals surface area contributed by atoms with Crippen molar-refractivity contribution in [1.82, 2.24) is 15.3 Å². The molecule has 0 saturated heterocycles. The van der Waals surface area contributed by atoms with Crippen molar-refractivity contribution in [3.8, 4) is 11.1 Å². The van der Waals surface area contributed by atoms with Crippen LogP contribution in [0.2, 0.25) is 10.2 Å². The molecule has 156 valence electrons. The van der Waals surface area contributed by atoms with Gasteiger partial charge in [0, 0.05) is 28.5 Å². The van der Waals surface area contributed by atoms with Gasteiger partial charge in [0.2, 0.25) is 0 Å². The lowest BCUT2D eigenvalue weighted by atomic mass is 10.0. The Balaban J connectivity index is 1.72. The van der Waals surface area contributed by atoms with E-state index in [2.05, 4.69) is 15.3 Å². The average Bonchev–Trinajstić information content (AvgIpc) is 2.71. The van der Waals surface area contributed by atoms with Gasteiger partial charge in [-0.3, -0.25) is 9.78 Å². The van der Waals surface area contributed by atoms with Gasteiger partial charge in [-0.25, -0.2) is 9.37 Å². The van der Waals surface area contributed by atoms with Crippen molar-refractivity contribution in [2.75, 3.05) is 6.54 Å². The number of nitrogens with one attached hydrogen (secondary N) is 1. The Morgan fingerprint density at radius 1 is 1.07 bits per heavy atom. The van der Waals surface area contributed by atoms with Gasteiger partial charge in [-0.1, -0.05) is 35.3 Å². The van der Waals surface area contributed by atoms with Crippen LogP contribution in [0.25, 0.3) is 11.1 Å². The first-order chi connectivity index (χ1) is 14.2. The smallest absolute Gasteiger partial charge is 0.349 e. The summed E-state index contributed by atoms with van der Waals surface area (Å²) in [5.74, 6) is -1.09. The average molecular weight is 458 g/mol. The van der Waals surface area contributed by atoms with Crippen molar-refractivity contribution >= 4 is 29.1 Å². The fourth-order valence-corrected chi connectivity index (χ4v) is 3.12. The second-order valence-corrected chi connectivity index (χ2v) is 6.98. The second-order valence-electron chi connectivity index (χ2n) is 6.18. The van der Waals surface area contributed by atoms with Crippen molar-refractivity contribution in [3.05, 3.63) is 81.9 Å². The topological polar surface area (TPSA) is 54.9 Å². The summed E-state index contributed by atoms with van der Waals surface area (Å²) >= 11 is 11.9. The quantitative estimate of drug-likeness (QED) is 0.382. The summed E-state index contributed by atoms with van der Waals surface area (Å²) in [6.45, 7) is -0.563. The predicted octanol–water partition coefficient (Wildman–Crippen LogP) is 5.91. The highest BCUT2D eigenvalue weighted by Crippen LogP contribution is 2.32. The largest absolute Gasteiger partial charge is 0.434 e. The number of halogens is 6. The van der Waals surface area contributed by atoms with E-state index in [9.17, 15) is 22.4 Å². The molecule has 1 aromatic carbocycles. The molecule has 0 aliphatic heterocycles. The van der Waals surface area contributed by atoms with Crippen LogP contribution in [-0.2, 0) is 6.18 Å². The van der Waals surface area contributed by atoms with Crippen LogP contribution in [0.5, 0.6) is 0 Å². The Labute approximate surface area is 178 Å². The van der Waals surface area contributed by atoms with Crippen LogP contribution in [0.15, 0.2) is 54.9 Å². The van der Waals surface area contributed by atoms with Crippen LogP contribution < -0.4 is 5.32 Å². The zero-order valence-corrected chi connectivity index (χ0v) is 16.6. The van der Waals surface area contributed by atoms with Gasteiger partial charge >= 0.3 is 6.18 Å². The Kier molecular flexibility index (Phi) is 6.58. The molecular formula is C20H13Cl2F4N3O. The number of carbonyl (C=O) groups is 1. The molecule has 3 aromatic rings. The highest BCUT2D eigenvalue weighted by Gasteiger charge is 2.37. The number of hydrogen-bond acceptors (Lipinski definition) is 3. The van der Waals surface area contributed by atoms with Gasteiger partial charge < -0.3 is 5.32 Å². The monoisotopic (exact) mass is 457 g/mol. The van der Waals surface area contributed by atoms with Crippen LogP contribution in [0, 0.1) is 0 Å². The molecule has 0 fully saturated rings. The maximum absolute atomic E-state index is 14.6. The highest BCUT2D eigenvalue weighted by atomic mass is 35.5. The van der Waals surface area contributed by atoms with E-state index in [-0.39, 0.29) is 10.6 Å². The molecule has 3 rings (SSSR count). The van der Waals surface area contributed by atoms with Gasteiger partial charge in [0.25, 0.3) is 5.91 Å². The van der Waals surface area contributed by atoms with Crippen molar-refractivity contribution in [2.24, 2.45) is 0 Å². The minimum absolute atomic E-state index is 0.0878. The van der Waals surface area contributed by atoms with Gasteiger partial charge in [0.05, 0.1) is 12.1 Å². The molecule has 1 N–H and O–H groups in total. The maximum Gasteiger partial charge on any atom is 0.434 e. The lowest BCUT2D eigenvalue weighted by Gasteiger charge is -2.15. The van der Waals surface area contributed by atoms with Gasteiger partial charge in [0.15, 0.2) is 5.69 Å². The number of hydrogen-bond donors (Lipinski definition) is 1. The van der Waals surface area contributed by atoms with Crippen LogP contribution in [0.1, 0.15) is 27.8 Å². The molecule has 2 aromatic heterocycles. The summed E-state index contributed by atoms with van der Waals surface area (Å²) in [5.41, 5.74) is -0.544. The minimum Gasteiger partial charge on any atom is -0.349 e. The number of rotatable bonds is 5. The fourth-order valence-electron chi connectivity index (χ4n) is 2.71. The fraction of sp³-hybridized carbons (Fsp3) is 0.150. The third-order valence-electron chi connectivity index (χ3n) is 4.16. The standard InChI is InChI=1S/C20H13Cl2F4N3O/c21-15-8-11(12-4-6-17(22)28-9-12)3-5-13(15)16(23)10-29-19(30)14-2-1-7-27-18(14)20(24,25)26/h1-9,16H,10H2,(H,29,30). The Morgan fingerprint density at radius 3 is 2.43 bits per heavy atom. The lowest BCUT2D eigenvalue weighted by molar-refractivity contribution is -0.141. The van der Waals surface area contributed by atoms with Crippen LogP contribution in [-0.4, -0.2) is 22.4 Å². The number of aromatic nitrogens is 2. The van der Waals surface area contributed by atoms with Crippen LogP contribution >= 0.6 is 23.2 Å². The summed E-state index contributed by atoms with van der Waals surface area (Å²) in [6, 6.07) is 10.1. The van der Waals surface area contributed by atoms with E-state index in [1.54, 1.807) is 18.2 Å². The summed E-state index contributed by atoms with van der Waals surface area (Å²) in [5, 5.41) is 2.57. The number of carbonyl (C=O) groups excluding carboxylic acids is 1. The van der Waals surface area contributed by atoms with Gasteiger partial charge in [-0.2, -0.15) is 13.2 Å². The number of alkyl halides is 4. The molecule has 2 heterocycles. The van der Waals surface area contributed by atoms with E-state index in [4.69, 9.17) is 23.2 Å². The summed E-state index contributed by atoms with van der Waals surface area (Å²) in [4.78, 5) is 19.3. The molecule has 0 radical (unpaired) electrons. The first-order valence-electron chi connectivity index (χ1n) is 8.52. The summed E-state index contributed by atoms with van der Waals surface area (Å²) < 4.78 is 53.6. The minimum atomic E-state index is -4.81. The summed E-state index contributed by atoms with van der Waals surface area (Å²) in [7, 11) is 0.